The van der Waals surface area contributed by atoms with Crippen molar-refractivity contribution >= 4 is 11.6 Å². The molecule has 0 N–H and O–H groups in total. The Kier molecular flexibility index (Phi) is 13.3. The molecule has 1 atom stereocenters. The maximum atomic E-state index is 10.6. The SMILES string of the molecule is [2H]C(CC(C)=O)C(=O)C[CH2-].[CH3-].[Y]. The molecule has 0 rings (SSSR count). The van der Waals surface area contributed by atoms with Gasteiger partial charge in [0.05, 0.1) is 0 Å². The summed E-state index contributed by atoms with van der Waals surface area (Å²) in [5.41, 5.74) is 0. The van der Waals surface area contributed by atoms with Crippen molar-refractivity contribution in [3.63, 3.8) is 0 Å². The monoisotopic (exact) mass is 232 g/mol. The summed E-state index contributed by atoms with van der Waals surface area (Å²) in [5, 5.41) is 0. The molecule has 11 heavy (non-hydrogen) atoms. The topological polar surface area (TPSA) is 34.1 Å². The van der Waals surface area contributed by atoms with Crippen molar-refractivity contribution in [3.8, 4) is 0 Å². The largest absolute Gasteiger partial charge is 0.358 e. The maximum absolute atomic E-state index is 10.6. The van der Waals surface area contributed by atoms with Crippen molar-refractivity contribution in [1.29, 1.82) is 0 Å². The minimum Gasteiger partial charge on any atom is -0.358 e. The Bertz CT molecular complexity index is 148. The van der Waals surface area contributed by atoms with Crippen LogP contribution in [0.2, 0.25) is 0 Å². The van der Waals surface area contributed by atoms with E-state index in [9.17, 15) is 9.59 Å². The van der Waals surface area contributed by atoms with E-state index in [1.54, 1.807) is 0 Å². The number of carbonyl (C=O) groups excluding carboxylic acids is 2. The number of carbonyl (C=O) groups is 2. The van der Waals surface area contributed by atoms with Gasteiger partial charge in [-0.15, -0.1) is 6.42 Å². The van der Waals surface area contributed by atoms with Crippen LogP contribution in [0.5, 0.6) is 0 Å². The van der Waals surface area contributed by atoms with Gasteiger partial charge in [-0.2, -0.15) is 0 Å². The molecule has 0 aromatic heterocycles. The van der Waals surface area contributed by atoms with Crippen LogP contribution in [0.1, 0.15) is 27.5 Å². The molecule has 0 saturated heterocycles. The molecule has 0 aliphatic rings. The Hall–Kier alpha value is 0.444. The van der Waals surface area contributed by atoms with Crippen LogP contribution < -0.4 is 0 Å². The molecule has 3 heteroatoms. The van der Waals surface area contributed by atoms with Gasteiger partial charge in [-0.1, -0.05) is 0 Å². The van der Waals surface area contributed by atoms with Crippen LogP contribution in [0.4, 0.5) is 0 Å². The van der Waals surface area contributed by atoms with E-state index in [0.29, 0.717) is 0 Å². The molecule has 1 radical (unpaired) electrons. The van der Waals surface area contributed by atoms with E-state index < -0.39 is 6.40 Å². The van der Waals surface area contributed by atoms with Crippen LogP contribution in [0, 0.1) is 14.4 Å². The van der Waals surface area contributed by atoms with Crippen molar-refractivity contribution in [2.75, 3.05) is 0 Å². The van der Waals surface area contributed by atoms with E-state index in [-0.39, 0.29) is 64.5 Å². The van der Waals surface area contributed by atoms with Crippen molar-refractivity contribution in [2.24, 2.45) is 0 Å². The summed E-state index contributed by atoms with van der Waals surface area (Å²) in [5.74, 6) is -0.392. The summed E-state index contributed by atoms with van der Waals surface area (Å²) in [6, 6.07) is 0. The average molecular weight is 232 g/mol. The fraction of sp³-hybridized carbons (Fsp3) is 0.500. The summed E-state index contributed by atoms with van der Waals surface area (Å²) in [4.78, 5) is 21.0. The first kappa shape index (κ1) is 14.0. The molecule has 0 fully saturated rings. The third-order valence-corrected chi connectivity index (χ3v) is 0.864. The van der Waals surface area contributed by atoms with Crippen LogP contribution in [-0.4, -0.2) is 11.6 Å². The Balaban J connectivity index is -0.000000405. The zero-order chi connectivity index (χ0) is 8.15. The Morgan fingerprint density at radius 3 is 2.27 bits per heavy atom. The van der Waals surface area contributed by atoms with Gasteiger partial charge in [-0.05, 0) is 6.92 Å². The predicted octanol–water partition coefficient (Wildman–Crippen LogP) is 1.60. The first-order chi connectivity index (χ1) is 4.57. The van der Waals surface area contributed by atoms with Gasteiger partial charge in [0.1, 0.15) is 11.6 Å². The van der Waals surface area contributed by atoms with Crippen molar-refractivity contribution in [3.05, 3.63) is 14.4 Å². The third kappa shape index (κ3) is 13.4. The molecule has 0 aliphatic heterocycles. The molecule has 0 bridgehead atoms. The predicted molar refractivity (Wildman–Crippen MR) is 41.3 cm³/mol. The molecule has 1 unspecified atom stereocenters. The number of ketones is 2. The van der Waals surface area contributed by atoms with Gasteiger partial charge in [0, 0.05) is 46.9 Å². The third-order valence-electron chi connectivity index (χ3n) is 0.864. The van der Waals surface area contributed by atoms with E-state index in [1.807, 2.05) is 0 Å². The van der Waals surface area contributed by atoms with Crippen LogP contribution in [0.15, 0.2) is 0 Å². The number of Topliss-reactive ketones (excluding diaryl/α,β-unsaturated/α-hetero) is 2. The zero-order valence-corrected chi connectivity index (χ0v) is 9.93. The zero-order valence-electron chi connectivity index (χ0n) is 8.09. The van der Waals surface area contributed by atoms with Crippen LogP contribution >= 0.6 is 0 Å². The van der Waals surface area contributed by atoms with Crippen LogP contribution in [-0.2, 0) is 42.3 Å². The van der Waals surface area contributed by atoms with Gasteiger partial charge in [-0.3, -0.25) is 0 Å². The molecule has 0 saturated carbocycles. The Morgan fingerprint density at radius 1 is 1.55 bits per heavy atom. The minimum absolute atomic E-state index is 0. The second kappa shape index (κ2) is 10.4. The molecule has 63 valence electrons. The molecule has 0 heterocycles. The van der Waals surface area contributed by atoms with E-state index >= 15 is 0 Å². The van der Waals surface area contributed by atoms with Crippen LogP contribution in [0.25, 0.3) is 0 Å². The van der Waals surface area contributed by atoms with Crippen molar-refractivity contribution in [2.45, 2.75) is 26.2 Å². The molecule has 0 aliphatic carbocycles. The van der Waals surface area contributed by atoms with E-state index in [0.717, 1.165) is 0 Å². The van der Waals surface area contributed by atoms with Gasteiger partial charge < -0.3 is 23.9 Å². The molecule has 0 aromatic carbocycles. The van der Waals surface area contributed by atoms with E-state index in [1.165, 1.54) is 6.92 Å². The molecule has 2 nitrogen and oxygen atoms in total. The average Bonchev–Trinajstić information content (AvgIpc) is 1.85. The normalized spacial score (nSPS) is 11.6. The van der Waals surface area contributed by atoms with Crippen molar-refractivity contribution in [1.82, 2.24) is 0 Å². The van der Waals surface area contributed by atoms with Gasteiger partial charge >= 0.3 is 0 Å². The van der Waals surface area contributed by atoms with Gasteiger partial charge in [0.25, 0.3) is 0 Å². The summed E-state index contributed by atoms with van der Waals surface area (Å²) in [6.45, 7) is 4.71. The second-order valence-corrected chi connectivity index (χ2v) is 1.83. The first-order valence-corrected chi connectivity index (χ1v) is 2.81. The molecular weight excluding hydrogens is 217 g/mol. The molecule has 0 aromatic rings. The second-order valence-electron chi connectivity index (χ2n) is 1.83. The summed E-state index contributed by atoms with van der Waals surface area (Å²) >= 11 is 0. The Labute approximate surface area is 95.4 Å². The number of hydrogen-bond donors (Lipinski definition) is 0. The van der Waals surface area contributed by atoms with E-state index in [2.05, 4.69) is 6.92 Å². The smallest absolute Gasteiger partial charge is 0.130 e. The summed E-state index contributed by atoms with van der Waals surface area (Å²) in [6.07, 6.45) is -0.773. The van der Waals surface area contributed by atoms with Gasteiger partial charge in [0.2, 0.25) is 0 Å². The summed E-state index contributed by atoms with van der Waals surface area (Å²) < 4.78 is 7.10. The van der Waals surface area contributed by atoms with Gasteiger partial charge in [0.15, 0.2) is 0 Å². The quantitative estimate of drug-likeness (QED) is 0.690. The maximum Gasteiger partial charge on any atom is 0.130 e. The number of hydrogen-bond acceptors (Lipinski definition) is 2. The van der Waals surface area contributed by atoms with Gasteiger partial charge in [-0.25, -0.2) is 0 Å². The molecule has 0 spiro atoms. The standard InChI is InChI=1S/C7H11O2.CH3.Y/c1-3-7(9)5-4-6(2)8;;/h1,3-5H2,2H3;1H3;/q2*-1;/i5D;;. The fourth-order valence-electron chi connectivity index (χ4n) is 0.360. The van der Waals surface area contributed by atoms with E-state index in [4.69, 9.17) is 1.37 Å². The molecular formula is C8H14O2Y-2. The summed E-state index contributed by atoms with van der Waals surface area (Å²) in [7, 11) is 0. The Morgan fingerprint density at radius 2 is 2.00 bits per heavy atom. The first-order valence-electron chi connectivity index (χ1n) is 3.39. The fourth-order valence-corrected chi connectivity index (χ4v) is 0.360. The van der Waals surface area contributed by atoms with Crippen molar-refractivity contribution < 1.29 is 43.7 Å². The number of rotatable bonds is 4. The van der Waals surface area contributed by atoms with Crippen LogP contribution in [0.3, 0.4) is 0 Å². The molecule has 0 amide bonds. The minimum atomic E-state index is -0.894.